The van der Waals surface area contributed by atoms with Crippen LogP contribution in [0.5, 0.6) is 0 Å². The smallest absolute Gasteiger partial charge is 0.346 e. The molecule has 2 rings (SSSR count). The molecule has 1 fully saturated rings. The van der Waals surface area contributed by atoms with Gasteiger partial charge >= 0.3 is 5.69 Å². The normalized spacial score (nSPS) is 27.7. The van der Waals surface area contributed by atoms with Crippen molar-refractivity contribution < 1.29 is 27.6 Å². The number of ether oxygens (including phenoxy) is 1. The summed E-state index contributed by atoms with van der Waals surface area (Å²) in [5.41, 5.74) is -0.0916. The molecule has 2 heterocycles. The van der Waals surface area contributed by atoms with Crippen molar-refractivity contribution in [3.8, 4) is 0 Å². The third-order valence-corrected chi connectivity index (χ3v) is 4.09. The highest BCUT2D eigenvalue weighted by atomic mass is 127. The summed E-state index contributed by atoms with van der Waals surface area (Å²) in [5, 5.41) is 22.3. The fourth-order valence-corrected chi connectivity index (χ4v) is 3.21. The number of aromatic amines is 1. The first-order valence-corrected chi connectivity index (χ1v) is 9.77. The average molecular weight is 473 g/mol. The van der Waals surface area contributed by atoms with E-state index in [0.717, 1.165) is 6.26 Å². The molecule has 10 nitrogen and oxygen atoms in total. The summed E-state index contributed by atoms with van der Waals surface area (Å²) in [5.74, 6) is 0.132. The molecule has 0 aromatic carbocycles. The number of rotatable bonds is 6. The summed E-state index contributed by atoms with van der Waals surface area (Å²) in [7, 11) is -3.86. The van der Waals surface area contributed by atoms with Crippen LogP contribution in [0, 0.1) is 0 Å². The maximum absolute atomic E-state index is 11.4. The number of nitrogens with zero attached hydrogens (tertiary/aromatic N) is 1. The van der Waals surface area contributed by atoms with Gasteiger partial charge in [0.1, 0.15) is 24.1 Å². The Bertz CT molecular complexity index is 766. The van der Waals surface area contributed by atoms with Crippen molar-refractivity contribution in [2.45, 2.75) is 24.5 Å². The van der Waals surface area contributed by atoms with Crippen LogP contribution >= 0.6 is 22.6 Å². The first-order valence-electron chi connectivity index (χ1n) is 6.71. The zero-order chi connectivity index (χ0) is 17.9. The van der Waals surface area contributed by atoms with Gasteiger partial charge in [-0.2, -0.15) is 13.4 Å². The number of halogens is 1. The molecule has 1 aromatic rings. The van der Waals surface area contributed by atoms with Gasteiger partial charge in [-0.3, -0.25) is 4.18 Å². The van der Waals surface area contributed by atoms with E-state index in [0.29, 0.717) is 5.56 Å². The molecule has 4 N–H and O–H groups in total. The number of aliphatic hydroxyl groups is 2. The molecule has 24 heavy (non-hydrogen) atoms. The van der Waals surface area contributed by atoms with Crippen LogP contribution < -0.4 is 11.0 Å². The van der Waals surface area contributed by atoms with Crippen LogP contribution in [0.2, 0.25) is 0 Å². The Morgan fingerprint density at radius 1 is 1.58 bits per heavy atom. The van der Waals surface area contributed by atoms with E-state index in [1.165, 1.54) is 6.20 Å². The lowest BCUT2D eigenvalue weighted by Crippen LogP contribution is -2.40. The van der Waals surface area contributed by atoms with Crippen LogP contribution in [0.1, 0.15) is 5.56 Å². The third kappa shape index (κ3) is 4.73. The molecule has 0 unspecified atom stereocenters. The van der Waals surface area contributed by atoms with Crippen LogP contribution in [0.4, 0.5) is 5.82 Å². The molecule has 4 atom stereocenters. The zero-order valence-electron chi connectivity index (χ0n) is 12.4. The van der Waals surface area contributed by atoms with E-state index in [1.54, 1.807) is 10.2 Å². The van der Waals surface area contributed by atoms with E-state index in [2.05, 4.69) is 15.3 Å². The lowest BCUT2D eigenvalue weighted by Gasteiger charge is -2.19. The molecule has 12 heteroatoms. The number of hydrogen-bond acceptors (Lipinski definition) is 9. The van der Waals surface area contributed by atoms with E-state index in [1.807, 2.05) is 22.6 Å². The van der Waals surface area contributed by atoms with E-state index >= 15 is 0 Å². The third-order valence-electron chi connectivity index (χ3n) is 3.16. The minimum atomic E-state index is -3.86. The van der Waals surface area contributed by atoms with Crippen LogP contribution in [-0.2, 0) is 19.0 Å². The lowest BCUT2D eigenvalue weighted by atomic mass is 10.1. The summed E-state index contributed by atoms with van der Waals surface area (Å²) in [6.45, 7) is -0.557. The number of aromatic nitrogens is 2. The van der Waals surface area contributed by atoms with Gasteiger partial charge in [0.25, 0.3) is 10.1 Å². The van der Waals surface area contributed by atoms with Crippen LogP contribution in [-0.4, -0.2) is 66.0 Å². The van der Waals surface area contributed by atoms with Gasteiger partial charge in [-0.15, -0.1) is 0 Å². The Kier molecular flexibility index (Phi) is 6.33. The Morgan fingerprint density at radius 3 is 2.88 bits per heavy atom. The number of H-pyrrole nitrogens is 1. The summed E-state index contributed by atoms with van der Waals surface area (Å²) in [6.07, 6.45) is -0.968. The number of nitrogens with one attached hydrogen (secondary N) is 2. The number of anilines is 1. The summed E-state index contributed by atoms with van der Waals surface area (Å²) >= 11 is 1.98. The van der Waals surface area contributed by atoms with E-state index < -0.39 is 47.0 Å². The first kappa shape index (κ1) is 19.3. The van der Waals surface area contributed by atoms with Gasteiger partial charge in [0.15, 0.2) is 6.23 Å². The second kappa shape index (κ2) is 7.88. The first-order chi connectivity index (χ1) is 11.2. The summed E-state index contributed by atoms with van der Waals surface area (Å²) in [4.78, 5) is 17.6. The molecule has 0 saturated carbocycles. The molecule has 134 valence electrons. The minimum absolute atomic E-state index is 0.132. The van der Waals surface area contributed by atoms with Crippen LogP contribution in [0.3, 0.4) is 0 Å². The van der Waals surface area contributed by atoms with Crippen molar-refractivity contribution in [2.75, 3.05) is 18.2 Å². The van der Waals surface area contributed by atoms with Gasteiger partial charge < -0.3 is 25.3 Å². The second-order valence-corrected chi connectivity index (χ2v) is 7.30. The Balaban J connectivity index is 2.25. The molecule has 0 amide bonds. The quantitative estimate of drug-likeness (QED) is 0.302. The van der Waals surface area contributed by atoms with Crippen molar-refractivity contribution in [3.63, 3.8) is 0 Å². The van der Waals surface area contributed by atoms with Gasteiger partial charge in [0.2, 0.25) is 0 Å². The molecule has 0 aliphatic carbocycles. The van der Waals surface area contributed by atoms with Crippen LogP contribution in [0.25, 0.3) is 6.08 Å². The average Bonchev–Trinajstić information content (AvgIpc) is 2.77. The Morgan fingerprint density at radius 2 is 2.29 bits per heavy atom. The zero-order valence-corrected chi connectivity index (χ0v) is 15.4. The van der Waals surface area contributed by atoms with Crippen molar-refractivity contribution in [1.29, 1.82) is 0 Å². The molecular formula is C12H16IN3O7S. The second-order valence-electron chi connectivity index (χ2n) is 4.98. The highest BCUT2D eigenvalue weighted by molar-refractivity contribution is 14.1. The molecule has 1 aromatic heterocycles. The van der Waals surface area contributed by atoms with Gasteiger partial charge in [-0.05, 0) is 10.2 Å². The SMILES string of the molecule is CS(=O)(=O)O[C@@H]1[C@@H](O)[C@H](Nc2nc(=O)[nH]cc2C=CI)O[C@@H]1CO. The van der Waals surface area contributed by atoms with E-state index in [4.69, 9.17) is 8.92 Å². The number of hydrogen-bond donors (Lipinski definition) is 4. The highest BCUT2D eigenvalue weighted by Gasteiger charge is 2.46. The topological polar surface area (TPSA) is 151 Å². The van der Waals surface area contributed by atoms with Gasteiger partial charge in [0.05, 0.1) is 12.9 Å². The highest BCUT2D eigenvalue weighted by Crippen LogP contribution is 2.26. The lowest BCUT2D eigenvalue weighted by molar-refractivity contribution is -0.00722. The fourth-order valence-electron chi connectivity index (χ4n) is 2.18. The molecule has 1 aliphatic heterocycles. The van der Waals surface area contributed by atoms with Crippen LogP contribution in [0.15, 0.2) is 15.1 Å². The maximum atomic E-state index is 11.4. The molecule has 0 radical (unpaired) electrons. The fraction of sp³-hybridized carbons (Fsp3) is 0.500. The number of aliphatic hydroxyl groups excluding tert-OH is 2. The molecule has 0 bridgehead atoms. The standard InChI is InChI=1S/C12H16IN3O7S/c1-24(20,21)23-9-7(5-17)22-11(8(9)18)15-10-6(2-3-13)4-14-12(19)16-10/h2-4,7-9,11,17-18H,5H2,1H3,(H2,14,15,16,19)/t7-,8-,9+,11-/m1/s1. The Hall–Kier alpha value is -1.06. The minimum Gasteiger partial charge on any atom is -0.394 e. The van der Waals surface area contributed by atoms with Gasteiger partial charge in [-0.1, -0.05) is 22.6 Å². The molecular weight excluding hydrogens is 457 g/mol. The maximum Gasteiger partial charge on any atom is 0.346 e. The molecule has 1 aliphatic rings. The van der Waals surface area contributed by atoms with Crippen molar-refractivity contribution in [1.82, 2.24) is 9.97 Å². The molecule has 1 saturated heterocycles. The summed E-state index contributed by atoms with van der Waals surface area (Å²) in [6, 6.07) is 0. The largest absolute Gasteiger partial charge is 0.394 e. The molecule has 0 spiro atoms. The van der Waals surface area contributed by atoms with E-state index in [-0.39, 0.29) is 5.82 Å². The predicted octanol–water partition coefficient (Wildman–Crippen LogP) is -0.990. The van der Waals surface area contributed by atoms with Gasteiger partial charge in [0, 0.05) is 11.8 Å². The summed E-state index contributed by atoms with van der Waals surface area (Å²) < 4.78 is 34.4. The monoisotopic (exact) mass is 473 g/mol. The van der Waals surface area contributed by atoms with Gasteiger partial charge in [-0.25, -0.2) is 4.79 Å². The predicted molar refractivity (Wildman–Crippen MR) is 93.0 cm³/mol. The van der Waals surface area contributed by atoms with Crippen molar-refractivity contribution >= 4 is 44.6 Å². The van der Waals surface area contributed by atoms with Crippen molar-refractivity contribution in [3.05, 3.63) is 26.3 Å². The Labute approximate surface area is 151 Å². The van der Waals surface area contributed by atoms with E-state index in [9.17, 15) is 23.4 Å². The van der Waals surface area contributed by atoms with Crippen molar-refractivity contribution in [2.24, 2.45) is 0 Å².